The number of carbonyl (C=O) groups is 1. The van der Waals surface area contributed by atoms with Crippen LogP contribution in [0.3, 0.4) is 0 Å². The Hall–Kier alpha value is -2.22. The number of hydrogen-bond donors (Lipinski definition) is 2. The summed E-state index contributed by atoms with van der Waals surface area (Å²) < 4.78 is 27.3. The van der Waals surface area contributed by atoms with E-state index < -0.39 is 15.9 Å². The van der Waals surface area contributed by atoms with Crippen LogP contribution in [0, 0.1) is 5.92 Å². The molecule has 26 heavy (non-hydrogen) atoms. The Labute approximate surface area is 153 Å². The van der Waals surface area contributed by atoms with Crippen molar-refractivity contribution in [2.45, 2.75) is 24.2 Å². The zero-order chi connectivity index (χ0) is 18.6. The maximum atomic E-state index is 13.0. The van der Waals surface area contributed by atoms with Crippen LogP contribution < -0.4 is 5.48 Å². The molecule has 0 aliphatic carbocycles. The minimum atomic E-state index is -3.78. The van der Waals surface area contributed by atoms with Gasteiger partial charge in [-0.15, -0.1) is 0 Å². The zero-order valence-corrected chi connectivity index (χ0v) is 15.2. The van der Waals surface area contributed by atoms with Crippen molar-refractivity contribution in [3.8, 4) is 0 Å². The summed E-state index contributed by atoms with van der Waals surface area (Å²) in [5, 5.41) is 8.86. The smallest absolute Gasteiger partial charge is 0.276 e. The monoisotopic (exact) mass is 374 g/mol. The summed E-state index contributed by atoms with van der Waals surface area (Å²) in [4.78, 5) is 11.7. The van der Waals surface area contributed by atoms with Crippen molar-refractivity contribution in [2.75, 3.05) is 13.1 Å². The van der Waals surface area contributed by atoms with E-state index in [1.807, 2.05) is 18.2 Å². The van der Waals surface area contributed by atoms with Gasteiger partial charge in [-0.3, -0.25) is 10.0 Å². The lowest BCUT2D eigenvalue weighted by Gasteiger charge is -2.31. The first-order chi connectivity index (χ1) is 12.5. The standard InChI is InChI=1S/C19H22N2O4S/c22-19(20-23)17-8-4-5-9-18(17)26(24,25)21-12-10-16(11-13-21)14-15-6-2-1-3-7-15/h1-9,16,23H,10-14H2,(H,20,22). The van der Waals surface area contributed by atoms with Crippen LogP contribution in [0.25, 0.3) is 0 Å². The quantitative estimate of drug-likeness (QED) is 0.622. The number of hydroxylamine groups is 1. The van der Waals surface area contributed by atoms with Crippen molar-refractivity contribution in [3.05, 3.63) is 65.7 Å². The summed E-state index contributed by atoms with van der Waals surface area (Å²) in [6.45, 7) is 0.851. The van der Waals surface area contributed by atoms with Gasteiger partial charge in [-0.05, 0) is 42.9 Å². The molecule has 1 heterocycles. The molecule has 0 bridgehead atoms. The molecule has 1 aliphatic rings. The van der Waals surface area contributed by atoms with Gasteiger partial charge < -0.3 is 0 Å². The fraction of sp³-hybridized carbons (Fsp3) is 0.316. The zero-order valence-electron chi connectivity index (χ0n) is 14.3. The largest absolute Gasteiger partial charge is 0.288 e. The van der Waals surface area contributed by atoms with Crippen molar-refractivity contribution in [3.63, 3.8) is 0 Å². The van der Waals surface area contributed by atoms with Crippen LogP contribution in [0.2, 0.25) is 0 Å². The summed E-state index contributed by atoms with van der Waals surface area (Å²) in [6.07, 6.45) is 2.50. The van der Waals surface area contributed by atoms with Crippen LogP contribution in [0.15, 0.2) is 59.5 Å². The maximum Gasteiger partial charge on any atom is 0.276 e. The lowest BCUT2D eigenvalue weighted by molar-refractivity contribution is 0.0702. The molecule has 0 atom stereocenters. The first-order valence-electron chi connectivity index (χ1n) is 8.60. The number of carbonyl (C=O) groups excluding carboxylic acids is 1. The van der Waals surface area contributed by atoms with E-state index in [0.717, 1.165) is 19.3 Å². The van der Waals surface area contributed by atoms with Gasteiger partial charge in [0.25, 0.3) is 5.91 Å². The fourth-order valence-corrected chi connectivity index (χ4v) is 5.04. The highest BCUT2D eigenvalue weighted by atomic mass is 32.2. The molecule has 0 radical (unpaired) electrons. The molecule has 6 nitrogen and oxygen atoms in total. The van der Waals surface area contributed by atoms with E-state index in [1.165, 1.54) is 27.5 Å². The van der Waals surface area contributed by atoms with Crippen molar-refractivity contribution >= 4 is 15.9 Å². The second-order valence-electron chi connectivity index (χ2n) is 6.47. The normalized spacial score (nSPS) is 16.3. The topological polar surface area (TPSA) is 86.7 Å². The highest BCUT2D eigenvalue weighted by molar-refractivity contribution is 7.89. The second kappa shape index (κ2) is 7.99. The number of rotatable bonds is 5. The Morgan fingerprint density at radius 2 is 1.65 bits per heavy atom. The maximum absolute atomic E-state index is 13.0. The van der Waals surface area contributed by atoms with E-state index >= 15 is 0 Å². The molecule has 1 aliphatic heterocycles. The molecule has 138 valence electrons. The fourth-order valence-electron chi connectivity index (χ4n) is 3.38. The van der Waals surface area contributed by atoms with E-state index in [9.17, 15) is 13.2 Å². The van der Waals surface area contributed by atoms with E-state index in [-0.39, 0.29) is 10.5 Å². The van der Waals surface area contributed by atoms with Crippen molar-refractivity contribution in [2.24, 2.45) is 5.92 Å². The Balaban J connectivity index is 1.72. The van der Waals surface area contributed by atoms with Crippen LogP contribution in [-0.2, 0) is 16.4 Å². The highest BCUT2D eigenvalue weighted by Gasteiger charge is 2.32. The van der Waals surface area contributed by atoms with Crippen LogP contribution in [0.1, 0.15) is 28.8 Å². The van der Waals surface area contributed by atoms with Crippen LogP contribution in [0.5, 0.6) is 0 Å². The molecule has 0 spiro atoms. The van der Waals surface area contributed by atoms with Crippen molar-refractivity contribution < 1.29 is 18.4 Å². The first-order valence-corrected chi connectivity index (χ1v) is 10.0. The third kappa shape index (κ3) is 3.95. The third-order valence-electron chi connectivity index (χ3n) is 4.79. The van der Waals surface area contributed by atoms with Gasteiger partial charge in [-0.1, -0.05) is 42.5 Å². The Morgan fingerprint density at radius 3 is 2.31 bits per heavy atom. The average molecular weight is 374 g/mol. The molecule has 0 unspecified atom stereocenters. The lowest BCUT2D eigenvalue weighted by Crippen LogP contribution is -2.39. The van der Waals surface area contributed by atoms with E-state index in [2.05, 4.69) is 12.1 Å². The summed E-state index contributed by atoms with van der Waals surface area (Å²) in [7, 11) is -3.78. The van der Waals surface area contributed by atoms with Gasteiger partial charge in [0.2, 0.25) is 10.0 Å². The third-order valence-corrected chi connectivity index (χ3v) is 6.75. The van der Waals surface area contributed by atoms with Crippen molar-refractivity contribution in [1.82, 2.24) is 9.79 Å². The lowest BCUT2D eigenvalue weighted by atomic mass is 9.91. The number of benzene rings is 2. The van der Waals surface area contributed by atoms with Crippen molar-refractivity contribution in [1.29, 1.82) is 0 Å². The molecule has 1 saturated heterocycles. The molecule has 1 amide bonds. The molecule has 2 aromatic rings. The number of hydrogen-bond acceptors (Lipinski definition) is 4. The van der Waals surface area contributed by atoms with Crippen LogP contribution >= 0.6 is 0 Å². The van der Waals surface area contributed by atoms with Gasteiger partial charge >= 0.3 is 0 Å². The van der Waals surface area contributed by atoms with Crippen LogP contribution in [-0.4, -0.2) is 36.9 Å². The molecular formula is C19H22N2O4S. The molecule has 2 aromatic carbocycles. The Kier molecular flexibility index (Phi) is 5.70. The van der Waals surface area contributed by atoms with Gasteiger partial charge in [-0.25, -0.2) is 13.9 Å². The SMILES string of the molecule is O=C(NO)c1ccccc1S(=O)(=O)N1CCC(Cc2ccccc2)CC1. The van der Waals surface area contributed by atoms with E-state index in [0.29, 0.717) is 19.0 Å². The average Bonchev–Trinajstić information content (AvgIpc) is 2.68. The number of nitrogens with one attached hydrogen (secondary N) is 1. The molecule has 1 fully saturated rings. The molecular weight excluding hydrogens is 352 g/mol. The van der Waals surface area contributed by atoms with E-state index in [1.54, 1.807) is 12.1 Å². The minimum absolute atomic E-state index is 0.0543. The number of amides is 1. The summed E-state index contributed by atoms with van der Waals surface area (Å²) in [5.74, 6) is -0.386. The summed E-state index contributed by atoms with van der Waals surface area (Å²) >= 11 is 0. The minimum Gasteiger partial charge on any atom is -0.288 e. The summed E-state index contributed by atoms with van der Waals surface area (Å²) in [5.41, 5.74) is 2.72. The van der Waals surface area contributed by atoms with Gasteiger partial charge in [0.15, 0.2) is 0 Å². The van der Waals surface area contributed by atoms with Gasteiger partial charge in [0.05, 0.1) is 10.5 Å². The predicted molar refractivity (Wildman–Crippen MR) is 97.3 cm³/mol. The number of piperidine rings is 1. The molecule has 3 rings (SSSR count). The predicted octanol–water partition coefficient (Wildman–Crippen LogP) is 2.45. The van der Waals surface area contributed by atoms with Crippen LogP contribution in [0.4, 0.5) is 0 Å². The molecule has 7 heteroatoms. The van der Waals surface area contributed by atoms with Gasteiger partial charge in [0, 0.05) is 13.1 Å². The molecule has 0 saturated carbocycles. The molecule has 0 aromatic heterocycles. The van der Waals surface area contributed by atoms with E-state index in [4.69, 9.17) is 5.21 Å². The number of nitrogens with zero attached hydrogens (tertiary/aromatic N) is 1. The highest BCUT2D eigenvalue weighted by Crippen LogP contribution is 2.27. The Morgan fingerprint density at radius 1 is 1.04 bits per heavy atom. The second-order valence-corrected chi connectivity index (χ2v) is 8.38. The first kappa shape index (κ1) is 18.6. The Bertz CT molecular complexity index is 860. The summed E-state index contributed by atoms with van der Waals surface area (Å²) in [6, 6.07) is 16.1. The van der Waals surface area contributed by atoms with Gasteiger partial charge in [0.1, 0.15) is 0 Å². The number of sulfonamides is 1. The molecule has 2 N–H and O–H groups in total. The van der Waals surface area contributed by atoms with Gasteiger partial charge in [-0.2, -0.15) is 4.31 Å².